The molecule has 1 amide bonds. The summed E-state index contributed by atoms with van der Waals surface area (Å²) in [7, 11) is 0. The number of aryl methyl sites for hydroxylation is 2. The first-order valence-electron chi connectivity index (χ1n) is 6.10. The number of amides is 1. The molecule has 0 saturated carbocycles. The minimum absolute atomic E-state index is 0.0127. The number of alkyl halides is 1. The van der Waals surface area contributed by atoms with Crippen LogP contribution < -0.4 is 0 Å². The van der Waals surface area contributed by atoms with E-state index in [0.29, 0.717) is 43.5 Å². The quantitative estimate of drug-likeness (QED) is 0.566. The maximum Gasteiger partial charge on any atom is 0.257 e. The highest BCUT2D eigenvalue weighted by Crippen LogP contribution is 2.15. The van der Waals surface area contributed by atoms with Crippen molar-refractivity contribution >= 4 is 17.5 Å². The summed E-state index contributed by atoms with van der Waals surface area (Å²) < 4.78 is 10.7. The maximum atomic E-state index is 12.3. The van der Waals surface area contributed by atoms with Crippen LogP contribution in [0.15, 0.2) is 10.5 Å². The van der Waals surface area contributed by atoms with Crippen LogP contribution >= 0.6 is 11.6 Å². The number of carbonyl (C=O) groups excluding carboxylic acids is 1. The summed E-state index contributed by atoms with van der Waals surface area (Å²) >= 11 is 5.51. The smallest absolute Gasteiger partial charge is 0.257 e. The fraction of sp³-hybridized carbons (Fsp3) is 0.615. The van der Waals surface area contributed by atoms with E-state index < -0.39 is 0 Å². The van der Waals surface area contributed by atoms with Gasteiger partial charge in [0, 0.05) is 19.0 Å². The molecule has 0 aliphatic heterocycles. The first-order chi connectivity index (χ1) is 8.60. The highest BCUT2D eigenvalue weighted by Gasteiger charge is 2.18. The predicted molar refractivity (Wildman–Crippen MR) is 71.3 cm³/mol. The first-order valence-corrected chi connectivity index (χ1v) is 6.63. The summed E-state index contributed by atoms with van der Waals surface area (Å²) in [5.74, 6) is 1.88. The van der Waals surface area contributed by atoms with Gasteiger partial charge in [0.15, 0.2) is 0 Å². The largest absolute Gasteiger partial charge is 0.466 e. The van der Waals surface area contributed by atoms with Gasteiger partial charge in [-0.2, -0.15) is 0 Å². The molecular weight excluding hydrogens is 254 g/mol. The SMILES string of the molecule is CCN(CCOCCCl)C(=O)c1cc(C)oc1C. The molecule has 0 fully saturated rings. The minimum Gasteiger partial charge on any atom is -0.466 e. The highest BCUT2D eigenvalue weighted by atomic mass is 35.5. The van der Waals surface area contributed by atoms with Gasteiger partial charge < -0.3 is 14.1 Å². The Labute approximate surface area is 113 Å². The molecule has 0 N–H and O–H groups in total. The third-order valence-corrected chi connectivity index (χ3v) is 2.82. The molecule has 0 aromatic carbocycles. The lowest BCUT2D eigenvalue weighted by molar-refractivity contribution is 0.0669. The van der Waals surface area contributed by atoms with Gasteiger partial charge in [-0.3, -0.25) is 4.79 Å². The topological polar surface area (TPSA) is 42.7 Å². The van der Waals surface area contributed by atoms with Crippen molar-refractivity contribution in [3.63, 3.8) is 0 Å². The molecule has 1 rings (SSSR count). The fourth-order valence-electron chi connectivity index (χ4n) is 1.75. The van der Waals surface area contributed by atoms with Gasteiger partial charge in [0.1, 0.15) is 11.5 Å². The van der Waals surface area contributed by atoms with Crippen LogP contribution in [0.1, 0.15) is 28.8 Å². The van der Waals surface area contributed by atoms with Crippen LogP contribution in [0.4, 0.5) is 0 Å². The van der Waals surface area contributed by atoms with E-state index in [2.05, 4.69) is 0 Å². The van der Waals surface area contributed by atoms with Gasteiger partial charge >= 0.3 is 0 Å². The molecular formula is C13H20ClNO3. The molecule has 1 aromatic rings. The fourth-order valence-corrected chi connectivity index (χ4v) is 1.86. The van der Waals surface area contributed by atoms with E-state index in [1.165, 1.54) is 0 Å². The third-order valence-electron chi connectivity index (χ3n) is 2.67. The monoisotopic (exact) mass is 273 g/mol. The van der Waals surface area contributed by atoms with Crippen molar-refractivity contribution in [2.24, 2.45) is 0 Å². The Bertz CT molecular complexity index is 390. The lowest BCUT2D eigenvalue weighted by Crippen LogP contribution is -2.34. The van der Waals surface area contributed by atoms with Gasteiger partial charge in [-0.1, -0.05) is 0 Å². The summed E-state index contributed by atoms with van der Waals surface area (Å²) in [6.07, 6.45) is 0. The van der Waals surface area contributed by atoms with Gasteiger partial charge in [0.25, 0.3) is 5.91 Å². The van der Waals surface area contributed by atoms with Crippen molar-refractivity contribution in [1.29, 1.82) is 0 Å². The van der Waals surface area contributed by atoms with Crippen LogP contribution in [0.25, 0.3) is 0 Å². The Morgan fingerprint density at radius 2 is 2.17 bits per heavy atom. The molecule has 1 heterocycles. The zero-order chi connectivity index (χ0) is 13.5. The van der Waals surface area contributed by atoms with Gasteiger partial charge in [-0.15, -0.1) is 11.6 Å². The van der Waals surface area contributed by atoms with Gasteiger partial charge in [0.2, 0.25) is 0 Å². The van der Waals surface area contributed by atoms with E-state index in [1.54, 1.807) is 17.9 Å². The van der Waals surface area contributed by atoms with Gasteiger partial charge in [0.05, 0.1) is 18.8 Å². The van der Waals surface area contributed by atoms with Crippen LogP contribution in [0, 0.1) is 13.8 Å². The van der Waals surface area contributed by atoms with Crippen molar-refractivity contribution in [3.05, 3.63) is 23.2 Å². The van der Waals surface area contributed by atoms with E-state index in [9.17, 15) is 4.79 Å². The van der Waals surface area contributed by atoms with Crippen LogP contribution in [-0.4, -0.2) is 43.0 Å². The van der Waals surface area contributed by atoms with Gasteiger partial charge in [-0.25, -0.2) is 0 Å². The molecule has 0 radical (unpaired) electrons. The van der Waals surface area contributed by atoms with E-state index in [-0.39, 0.29) is 5.91 Å². The molecule has 0 spiro atoms. The van der Waals surface area contributed by atoms with Gasteiger partial charge in [-0.05, 0) is 26.8 Å². The molecule has 5 heteroatoms. The number of ether oxygens (including phenoxy) is 1. The van der Waals surface area contributed by atoms with E-state index >= 15 is 0 Å². The molecule has 1 aromatic heterocycles. The van der Waals surface area contributed by atoms with Crippen LogP contribution in [-0.2, 0) is 4.74 Å². The van der Waals surface area contributed by atoms with E-state index in [4.69, 9.17) is 20.8 Å². The van der Waals surface area contributed by atoms with Crippen LogP contribution in [0.5, 0.6) is 0 Å². The van der Waals surface area contributed by atoms with E-state index in [1.807, 2.05) is 13.8 Å². The first kappa shape index (κ1) is 15.1. The second kappa shape index (κ2) is 7.44. The summed E-state index contributed by atoms with van der Waals surface area (Å²) in [5.41, 5.74) is 0.631. The number of nitrogens with zero attached hydrogens (tertiary/aromatic N) is 1. The number of halogens is 1. The number of hydrogen-bond acceptors (Lipinski definition) is 3. The molecule has 4 nitrogen and oxygen atoms in total. The highest BCUT2D eigenvalue weighted by molar-refractivity contribution is 6.17. The Morgan fingerprint density at radius 3 is 2.67 bits per heavy atom. The lowest BCUT2D eigenvalue weighted by atomic mass is 10.2. The average molecular weight is 274 g/mol. The Hall–Kier alpha value is -1.00. The summed E-state index contributed by atoms with van der Waals surface area (Å²) in [5, 5.41) is 0. The zero-order valence-corrected chi connectivity index (χ0v) is 11.9. The van der Waals surface area contributed by atoms with Crippen molar-refractivity contribution in [2.45, 2.75) is 20.8 Å². The third kappa shape index (κ3) is 4.03. The van der Waals surface area contributed by atoms with Crippen LogP contribution in [0.3, 0.4) is 0 Å². The zero-order valence-electron chi connectivity index (χ0n) is 11.2. The number of furan rings is 1. The number of likely N-dealkylation sites (N-methyl/N-ethyl adjacent to an activating group) is 1. The van der Waals surface area contributed by atoms with Crippen molar-refractivity contribution in [1.82, 2.24) is 4.90 Å². The maximum absolute atomic E-state index is 12.3. The standard InChI is InChI=1S/C13H20ClNO3/c1-4-15(6-8-17-7-5-14)13(16)12-9-10(2)18-11(12)3/h9H,4-8H2,1-3H3. The Kier molecular flexibility index (Phi) is 6.22. The molecule has 0 unspecified atom stereocenters. The lowest BCUT2D eigenvalue weighted by Gasteiger charge is -2.20. The summed E-state index contributed by atoms with van der Waals surface area (Å²) in [6, 6.07) is 1.78. The average Bonchev–Trinajstić information content (AvgIpc) is 2.68. The second-order valence-corrected chi connectivity index (χ2v) is 4.39. The van der Waals surface area contributed by atoms with Crippen molar-refractivity contribution in [3.8, 4) is 0 Å². The van der Waals surface area contributed by atoms with Crippen molar-refractivity contribution < 1.29 is 13.9 Å². The molecule has 0 aliphatic carbocycles. The van der Waals surface area contributed by atoms with E-state index in [0.717, 1.165) is 5.76 Å². The molecule has 0 atom stereocenters. The number of rotatable bonds is 7. The number of hydrogen-bond donors (Lipinski definition) is 0. The minimum atomic E-state index is -0.0127. The Balaban J connectivity index is 2.59. The van der Waals surface area contributed by atoms with Crippen molar-refractivity contribution in [2.75, 3.05) is 32.2 Å². The second-order valence-electron chi connectivity index (χ2n) is 4.01. The summed E-state index contributed by atoms with van der Waals surface area (Å²) in [4.78, 5) is 14.0. The Morgan fingerprint density at radius 1 is 1.44 bits per heavy atom. The summed E-state index contributed by atoms with van der Waals surface area (Å²) in [6.45, 7) is 7.81. The molecule has 102 valence electrons. The molecule has 0 saturated heterocycles. The molecule has 0 aliphatic rings. The molecule has 0 bridgehead atoms. The predicted octanol–water partition coefficient (Wildman–Crippen LogP) is 2.61. The molecule has 18 heavy (non-hydrogen) atoms. The van der Waals surface area contributed by atoms with Crippen LogP contribution in [0.2, 0.25) is 0 Å². The normalized spacial score (nSPS) is 10.7. The number of carbonyl (C=O) groups is 1.